The summed E-state index contributed by atoms with van der Waals surface area (Å²) in [5, 5.41) is 13.5. The van der Waals surface area contributed by atoms with Crippen LogP contribution >= 0.6 is 22.9 Å². The third-order valence-electron chi connectivity index (χ3n) is 5.08. The van der Waals surface area contributed by atoms with Gasteiger partial charge in [0.25, 0.3) is 0 Å². The Hall–Kier alpha value is -2.11. The van der Waals surface area contributed by atoms with Crippen molar-refractivity contribution in [2.45, 2.75) is 13.8 Å². The Balaban J connectivity index is 1.39. The van der Waals surface area contributed by atoms with Crippen LogP contribution in [0.3, 0.4) is 0 Å². The molecule has 0 bridgehead atoms. The minimum atomic E-state index is -0.0711. The van der Waals surface area contributed by atoms with E-state index in [0.29, 0.717) is 34.5 Å². The number of para-hydroxylation sites is 1. The van der Waals surface area contributed by atoms with Crippen molar-refractivity contribution >= 4 is 33.8 Å². The Morgan fingerprint density at radius 1 is 1.24 bits per heavy atom. The number of amides is 1. The highest BCUT2D eigenvalue weighted by atomic mass is 35.5. The van der Waals surface area contributed by atoms with Crippen LogP contribution in [0.25, 0.3) is 0 Å². The zero-order valence-corrected chi connectivity index (χ0v) is 18.3. The SMILES string of the molecule is Cc1sc(NC(=O)CN2CCN(CCOc3ccccc3Cl)CC2)c(C#N)c1C. The van der Waals surface area contributed by atoms with Gasteiger partial charge in [-0.05, 0) is 31.5 Å². The highest BCUT2D eigenvalue weighted by Gasteiger charge is 2.20. The van der Waals surface area contributed by atoms with Gasteiger partial charge in [-0.3, -0.25) is 14.6 Å². The van der Waals surface area contributed by atoms with Gasteiger partial charge in [0.05, 0.1) is 17.1 Å². The summed E-state index contributed by atoms with van der Waals surface area (Å²) in [6.45, 7) is 9.05. The first kappa shape index (κ1) is 21.6. The lowest BCUT2D eigenvalue weighted by atomic mass is 10.2. The standard InChI is InChI=1S/C21H25ClN4O2S/c1-15-16(2)29-21(17(15)13-23)24-20(27)14-26-9-7-25(8-10-26)11-12-28-19-6-4-3-5-18(19)22/h3-6H,7-12,14H2,1-2H3,(H,24,27). The number of hydrogen-bond acceptors (Lipinski definition) is 6. The summed E-state index contributed by atoms with van der Waals surface area (Å²) in [5.74, 6) is 0.638. The first-order valence-corrected chi connectivity index (χ1v) is 10.8. The zero-order chi connectivity index (χ0) is 20.8. The number of piperazine rings is 1. The fourth-order valence-electron chi connectivity index (χ4n) is 3.24. The van der Waals surface area contributed by atoms with Gasteiger partial charge in [-0.2, -0.15) is 5.26 Å². The van der Waals surface area contributed by atoms with E-state index in [9.17, 15) is 10.1 Å². The second-order valence-corrected chi connectivity index (χ2v) is 8.68. The molecule has 1 saturated heterocycles. The minimum absolute atomic E-state index is 0.0711. The Bertz CT molecular complexity index is 901. The lowest BCUT2D eigenvalue weighted by molar-refractivity contribution is -0.117. The van der Waals surface area contributed by atoms with Gasteiger partial charge in [0.15, 0.2) is 0 Å². The summed E-state index contributed by atoms with van der Waals surface area (Å²) in [4.78, 5) is 17.9. The van der Waals surface area contributed by atoms with Crippen LogP contribution in [0.4, 0.5) is 5.00 Å². The molecule has 0 radical (unpaired) electrons. The molecule has 1 N–H and O–H groups in total. The number of nitriles is 1. The fourth-order valence-corrected chi connectivity index (χ4v) is 4.45. The van der Waals surface area contributed by atoms with Crippen molar-refractivity contribution in [2.75, 3.05) is 51.2 Å². The summed E-state index contributed by atoms with van der Waals surface area (Å²) < 4.78 is 5.75. The molecule has 1 amide bonds. The van der Waals surface area contributed by atoms with E-state index in [0.717, 1.165) is 43.2 Å². The number of carbonyl (C=O) groups is 1. The highest BCUT2D eigenvalue weighted by molar-refractivity contribution is 7.16. The molecule has 0 saturated carbocycles. The normalized spacial score (nSPS) is 15.1. The van der Waals surface area contributed by atoms with E-state index < -0.39 is 0 Å². The second kappa shape index (κ2) is 10.1. The van der Waals surface area contributed by atoms with E-state index in [4.69, 9.17) is 16.3 Å². The van der Waals surface area contributed by atoms with Crippen molar-refractivity contribution in [1.82, 2.24) is 9.80 Å². The number of rotatable bonds is 7. The molecule has 0 atom stereocenters. The molecule has 2 aromatic rings. The monoisotopic (exact) mass is 432 g/mol. The summed E-state index contributed by atoms with van der Waals surface area (Å²) in [6, 6.07) is 9.66. The Morgan fingerprint density at radius 3 is 2.62 bits per heavy atom. The summed E-state index contributed by atoms with van der Waals surface area (Å²) >= 11 is 7.56. The van der Waals surface area contributed by atoms with Crippen LogP contribution in [0.2, 0.25) is 5.02 Å². The van der Waals surface area contributed by atoms with Crippen LogP contribution in [0.15, 0.2) is 24.3 Å². The van der Waals surface area contributed by atoms with E-state index in [-0.39, 0.29) is 5.91 Å². The number of nitrogens with one attached hydrogen (secondary N) is 1. The minimum Gasteiger partial charge on any atom is -0.491 e. The summed E-state index contributed by atoms with van der Waals surface area (Å²) in [7, 11) is 0. The quantitative estimate of drug-likeness (QED) is 0.724. The third kappa shape index (κ3) is 5.71. The van der Waals surface area contributed by atoms with Crippen LogP contribution in [-0.2, 0) is 4.79 Å². The number of benzene rings is 1. The van der Waals surface area contributed by atoms with Crippen molar-refractivity contribution in [3.63, 3.8) is 0 Å². The van der Waals surface area contributed by atoms with Crippen LogP contribution in [-0.4, -0.2) is 61.6 Å². The fraction of sp³-hybridized carbons (Fsp3) is 0.429. The van der Waals surface area contributed by atoms with Gasteiger partial charge in [0.2, 0.25) is 5.91 Å². The number of aryl methyl sites for hydroxylation is 1. The van der Waals surface area contributed by atoms with Gasteiger partial charge in [-0.15, -0.1) is 11.3 Å². The van der Waals surface area contributed by atoms with Gasteiger partial charge >= 0.3 is 0 Å². The topological polar surface area (TPSA) is 68.6 Å². The number of anilines is 1. The molecular weight excluding hydrogens is 408 g/mol. The Kier molecular flexibility index (Phi) is 7.51. The van der Waals surface area contributed by atoms with E-state index >= 15 is 0 Å². The van der Waals surface area contributed by atoms with Crippen LogP contribution < -0.4 is 10.1 Å². The molecule has 154 valence electrons. The lowest BCUT2D eigenvalue weighted by Crippen LogP contribution is -2.49. The average molecular weight is 433 g/mol. The number of nitrogens with zero attached hydrogens (tertiary/aromatic N) is 3. The Labute approximate surface area is 180 Å². The van der Waals surface area contributed by atoms with Gasteiger partial charge in [-0.25, -0.2) is 0 Å². The molecule has 3 rings (SSSR count). The molecule has 0 aliphatic carbocycles. The number of hydrogen-bond donors (Lipinski definition) is 1. The molecule has 0 spiro atoms. The van der Waals surface area contributed by atoms with Crippen LogP contribution in [0, 0.1) is 25.2 Å². The smallest absolute Gasteiger partial charge is 0.239 e. The van der Waals surface area contributed by atoms with Crippen molar-refractivity contribution < 1.29 is 9.53 Å². The van der Waals surface area contributed by atoms with Crippen molar-refractivity contribution in [3.8, 4) is 11.8 Å². The molecule has 2 heterocycles. The molecule has 8 heteroatoms. The first-order chi connectivity index (χ1) is 14.0. The predicted molar refractivity (Wildman–Crippen MR) is 117 cm³/mol. The molecule has 29 heavy (non-hydrogen) atoms. The predicted octanol–water partition coefficient (Wildman–Crippen LogP) is 3.53. The molecule has 1 aliphatic heterocycles. The zero-order valence-electron chi connectivity index (χ0n) is 16.7. The summed E-state index contributed by atoms with van der Waals surface area (Å²) in [5.41, 5.74) is 1.52. The molecule has 1 aromatic carbocycles. The largest absolute Gasteiger partial charge is 0.491 e. The maximum Gasteiger partial charge on any atom is 0.239 e. The summed E-state index contributed by atoms with van der Waals surface area (Å²) in [6.07, 6.45) is 0. The molecule has 6 nitrogen and oxygen atoms in total. The van der Waals surface area contributed by atoms with E-state index in [1.807, 2.05) is 38.1 Å². The lowest BCUT2D eigenvalue weighted by Gasteiger charge is -2.34. The first-order valence-electron chi connectivity index (χ1n) is 9.60. The number of carbonyl (C=O) groups excluding carboxylic acids is 1. The van der Waals surface area contributed by atoms with E-state index in [1.165, 1.54) is 11.3 Å². The van der Waals surface area contributed by atoms with Crippen molar-refractivity contribution in [3.05, 3.63) is 45.3 Å². The van der Waals surface area contributed by atoms with Crippen LogP contribution in [0.5, 0.6) is 5.75 Å². The van der Waals surface area contributed by atoms with Crippen LogP contribution in [0.1, 0.15) is 16.0 Å². The van der Waals surface area contributed by atoms with E-state index in [1.54, 1.807) is 0 Å². The van der Waals surface area contributed by atoms with E-state index in [2.05, 4.69) is 21.2 Å². The maximum absolute atomic E-state index is 12.4. The molecule has 1 aliphatic rings. The molecular formula is C21H25ClN4O2S. The molecule has 0 unspecified atom stereocenters. The van der Waals surface area contributed by atoms with Crippen molar-refractivity contribution in [2.24, 2.45) is 0 Å². The molecule has 1 aromatic heterocycles. The van der Waals surface area contributed by atoms with Gasteiger partial charge in [0, 0.05) is 37.6 Å². The maximum atomic E-state index is 12.4. The number of halogens is 1. The van der Waals surface area contributed by atoms with Gasteiger partial charge in [-0.1, -0.05) is 23.7 Å². The Morgan fingerprint density at radius 2 is 1.93 bits per heavy atom. The third-order valence-corrected chi connectivity index (χ3v) is 6.52. The number of ether oxygens (including phenoxy) is 1. The highest BCUT2D eigenvalue weighted by Crippen LogP contribution is 2.31. The average Bonchev–Trinajstić information content (AvgIpc) is 2.97. The van der Waals surface area contributed by atoms with Gasteiger partial charge < -0.3 is 10.1 Å². The number of thiophene rings is 1. The molecule has 1 fully saturated rings. The van der Waals surface area contributed by atoms with Crippen molar-refractivity contribution in [1.29, 1.82) is 5.26 Å². The van der Waals surface area contributed by atoms with Gasteiger partial charge in [0.1, 0.15) is 23.4 Å². The second-order valence-electron chi connectivity index (χ2n) is 7.04.